The van der Waals surface area contributed by atoms with E-state index >= 15 is 0 Å². The van der Waals surface area contributed by atoms with E-state index in [9.17, 15) is 4.79 Å². The van der Waals surface area contributed by atoms with Crippen molar-refractivity contribution in [1.29, 1.82) is 0 Å². The van der Waals surface area contributed by atoms with Crippen molar-refractivity contribution in [3.63, 3.8) is 0 Å². The number of allylic oxidation sites excluding steroid dienone is 1. The van der Waals surface area contributed by atoms with Crippen LogP contribution in [0.15, 0.2) is 31.0 Å². The smallest absolute Gasteiger partial charge is 0.356 e. The van der Waals surface area contributed by atoms with Gasteiger partial charge in [0.15, 0.2) is 5.69 Å². The summed E-state index contributed by atoms with van der Waals surface area (Å²) in [6, 6.07) is 3.62. The van der Waals surface area contributed by atoms with Crippen molar-refractivity contribution in [3.8, 4) is 0 Å². The van der Waals surface area contributed by atoms with E-state index in [-0.39, 0.29) is 12.4 Å². The first kappa shape index (κ1) is 12.7. The number of methoxy groups -OCH3 is 1. The molecule has 0 atom stereocenters. The molecular weight excluding hydrogens is 202 g/mol. The van der Waals surface area contributed by atoms with Crippen molar-refractivity contribution in [2.75, 3.05) is 7.11 Å². The summed E-state index contributed by atoms with van der Waals surface area (Å²) in [6.07, 6.45) is 3.92. The van der Waals surface area contributed by atoms with Crippen molar-refractivity contribution >= 4 is 18.4 Å². The predicted molar refractivity (Wildman–Crippen MR) is 56.7 cm³/mol. The van der Waals surface area contributed by atoms with Crippen LogP contribution in [0.5, 0.6) is 0 Å². The molecule has 0 saturated carbocycles. The second-order valence-corrected chi connectivity index (χ2v) is 2.50. The Bertz CT molecular complexity index is 326. The molecule has 0 saturated heterocycles. The first-order chi connectivity index (χ1) is 6.29. The van der Waals surface area contributed by atoms with Gasteiger partial charge < -0.3 is 4.74 Å². The quantitative estimate of drug-likeness (QED) is 0.570. The largest absolute Gasteiger partial charge is 0.464 e. The van der Waals surface area contributed by atoms with E-state index in [0.29, 0.717) is 12.1 Å². The van der Waals surface area contributed by atoms with Crippen molar-refractivity contribution in [1.82, 2.24) is 4.98 Å². The molecule has 0 aliphatic carbocycles. The highest BCUT2D eigenvalue weighted by atomic mass is 35.5. The third-order valence-corrected chi connectivity index (χ3v) is 1.63. The average molecular weight is 214 g/mol. The fourth-order valence-electron chi connectivity index (χ4n) is 1.04. The lowest BCUT2D eigenvalue weighted by atomic mass is 10.1. The molecule has 0 fully saturated rings. The summed E-state index contributed by atoms with van der Waals surface area (Å²) in [5, 5.41) is 0. The highest BCUT2D eigenvalue weighted by Crippen LogP contribution is 2.07. The second-order valence-electron chi connectivity index (χ2n) is 2.50. The van der Waals surface area contributed by atoms with Crippen molar-refractivity contribution in [3.05, 3.63) is 42.2 Å². The van der Waals surface area contributed by atoms with Crippen LogP contribution in [0.3, 0.4) is 0 Å². The number of nitrogens with zero attached hydrogens (tertiary/aromatic N) is 1. The zero-order valence-corrected chi connectivity index (χ0v) is 8.71. The number of ether oxygens (including phenoxy) is 1. The number of aromatic nitrogens is 1. The first-order valence-corrected chi connectivity index (χ1v) is 3.92. The summed E-state index contributed by atoms with van der Waals surface area (Å²) in [5.74, 6) is -0.405. The molecule has 0 spiro atoms. The first-order valence-electron chi connectivity index (χ1n) is 3.92. The molecule has 0 bridgehead atoms. The number of rotatable bonds is 3. The number of carbonyl (C=O) groups excluding carboxylic acids is 1. The van der Waals surface area contributed by atoms with Gasteiger partial charge in [-0.3, -0.25) is 0 Å². The third kappa shape index (κ3) is 2.85. The Morgan fingerprint density at radius 1 is 1.71 bits per heavy atom. The van der Waals surface area contributed by atoms with Crippen molar-refractivity contribution < 1.29 is 9.53 Å². The normalized spacial score (nSPS) is 8.64. The molecule has 0 amide bonds. The molecule has 14 heavy (non-hydrogen) atoms. The molecule has 3 nitrogen and oxygen atoms in total. The summed E-state index contributed by atoms with van der Waals surface area (Å²) in [5.41, 5.74) is 1.20. The topological polar surface area (TPSA) is 39.2 Å². The van der Waals surface area contributed by atoms with E-state index in [1.807, 2.05) is 6.07 Å². The van der Waals surface area contributed by atoms with Crippen LogP contribution in [0, 0.1) is 0 Å². The maximum Gasteiger partial charge on any atom is 0.356 e. The molecule has 76 valence electrons. The summed E-state index contributed by atoms with van der Waals surface area (Å²) in [4.78, 5) is 15.1. The van der Waals surface area contributed by atoms with E-state index in [1.54, 1.807) is 18.3 Å². The minimum atomic E-state index is -0.405. The van der Waals surface area contributed by atoms with E-state index in [4.69, 9.17) is 0 Å². The summed E-state index contributed by atoms with van der Waals surface area (Å²) in [6.45, 7) is 3.60. The second kappa shape index (κ2) is 6.16. The van der Waals surface area contributed by atoms with Gasteiger partial charge in [0.05, 0.1) is 7.11 Å². The van der Waals surface area contributed by atoms with Crippen LogP contribution in [0.4, 0.5) is 0 Å². The van der Waals surface area contributed by atoms with Crippen LogP contribution in [-0.4, -0.2) is 18.1 Å². The van der Waals surface area contributed by atoms with Crippen LogP contribution in [0.1, 0.15) is 16.1 Å². The third-order valence-electron chi connectivity index (χ3n) is 1.63. The maximum absolute atomic E-state index is 11.2. The zero-order chi connectivity index (χ0) is 9.68. The number of halogens is 1. The molecule has 1 rings (SSSR count). The minimum absolute atomic E-state index is 0. The molecule has 1 aromatic rings. The molecular formula is C10H12ClNO2. The Morgan fingerprint density at radius 2 is 2.43 bits per heavy atom. The van der Waals surface area contributed by atoms with E-state index in [0.717, 1.165) is 5.56 Å². The average Bonchev–Trinajstić information content (AvgIpc) is 2.18. The van der Waals surface area contributed by atoms with Crippen LogP contribution < -0.4 is 0 Å². The Hall–Kier alpha value is -1.35. The summed E-state index contributed by atoms with van der Waals surface area (Å²) >= 11 is 0. The Kier molecular flexibility index (Phi) is 5.56. The molecule has 0 N–H and O–H groups in total. The van der Waals surface area contributed by atoms with Crippen LogP contribution >= 0.6 is 12.4 Å². The molecule has 0 aromatic carbocycles. The van der Waals surface area contributed by atoms with Crippen LogP contribution in [0.2, 0.25) is 0 Å². The van der Waals surface area contributed by atoms with Crippen molar-refractivity contribution in [2.45, 2.75) is 6.42 Å². The standard InChI is InChI=1S/C10H11NO2.ClH/c1-3-5-8-6-4-7-11-9(8)10(12)13-2;/h3-4,6-7H,1,5H2,2H3;1H. The van der Waals surface area contributed by atoms with E-state index in [2.05, 4.69) is 16.3 Å². The Balaban J connectivity index is 0.00000169. The summed E-state index contributed by atoms with van der Waals surface area (Å²) in [7, 11) is 1.34. The van der Waals surface area contributed by atoms with Gasteiger partial charge in [0.2, 0.25) is 0 Å². The fourth-order valence-corrected chi connectivity index (χ4v) is 1.04. The van der Waals surface area contributed by atoms with Gasteiger partial charge >= 0.3 is 5.97 Å². The number of hydrogen-bond acceptors (Lipinski definition) is 3. The van der Waals surface area contributed by atoms with Gasteiger partial charge in [-0.15, -0.1) is 19.0 Å². The Morgan fingerprint density at radius 3 is 3.00 bits per heavy atom. The number of hydrogen-bond donors (Lipinski definition) is 0. The van der Waals surface area contributed by atoms with Gasteiger partial charge in [0, 0.05) is 6.20 Å². The zero-order valence-electron chi connectivity index (χ0n) is 7.90. The number of esters is 1. The molecule has 0 radical (unpaired) electrons. The van der Waals surface area contributed by atoms with Gasteiger partial charge in [-0.05, 0) is 18.1 Å². The molecule has 0 aliphatic rings. The SMILES string of the molecule is C=CCc1cccnc1C(=O)OC.Cl. The lowest BCUT2D eigenvalue weighted by molar-refractivity contribution is 0.0593. The molecule has 0 aliphatic heterocycles. The van der Waals surface area contributed by atoms with Gasteiger partial charge in [0.1, 0.15) is 0 Å². The van der Waals surface area contributed by atoms with Gasteiger partial charge in [-0.1, -0.05) is 12.1 Å². The van der Waals surface area contributed by atoms with Gasteiger partial charge in [-0.2, -0.15) is 0 Å². The van der Waals surface area contributed by atoms with Crippen LogP contribution in [-0.2, 0) is 11.2 Å². The minimum Gasteiger partial charge on any atom is -0.464 e. The Labute approximate surface area is 89.2 Å². The molecule has 1 aromatic heterocycles. The summed E-state index contributed by atoms with van der Waals surface area (Å²) < 4.78 is 4.59. The van der Waals surface area contributed by atoms with Gasteiger partial charge in [-0.25, -0.2) is 9.78 Å². The van der Waals surface area contributed by atoms with Gasteiger partial charge in [0.25, 0.3) is 0 Å². The highest BCUT2D eigenvalue weighted by Gasteiger charge is 2.10. The monoisotopic (exact) mass is 213 g/mol. The lowest BCUT2D eigenvalue weighted by Gasteiger charge is -2.03. The van der Waals surface area contributed by atoms with E-state index < -0.39 is 5.97 Å². The number of carbonyl (C=O) groups is 1. The van der Waals surface area contributed by atoms with Crippen molar-refractivity contribution in [2.24, 2.45) is 0 Å². The fraction of sp³-hybridized carbons (Fsp3) is 0.200. The molecule has 1 heterocycles. The maximum atomic E-state index is 11.2. The molecule has 4 heteroatoms. The van der Waals surface area contributed by atoms with E-state index in [1.165, 1.54) is 7.11 Å². The van der Waals surface area contributed by atoms with Crippen LogP contribution in [0.25, 0.3) is 0 Å². The lowest BCUT2D eigenvalue weighted by Crippen LogP contribution is -2.07. The highest BCUT2D eigenvalue weighted by molar-refractivity contribution is 5.88. The number of pyridine rings is 1. The molecule has 0 unspecified atom stereocenters. The predicted octanol–water partition coefficient (Wildman–Crippen LogP) is 2.02.